The molecule has 1 amide bonds. The van der Waals surface area contributed by atoms with Crippen LogP contribution in [0, 0.1) is 0 Å². The highest BCUT2D eigenvalue weighted by Gasteiger charge is 2.07. The first-order chi connectivity index (χ1) is 11.7. The van der Waals surface area contributed by atoms with Crippen molar-refractivity contribution in [3.63, 3.8) is 0 Å². The molecule has 24 heavy (non-hydrogen) atoms. The molecule has 0 unspecified atom stereocenters. The Hall–Kier alpha value is -2.05. The van der Waals surface area contributed by atoms with Crippen molar-refractivity contribution in [2.75, 3.05) is 18.7 Å². The number of hydrogen-bond donors (Lipinski definition) is 1. The van der Waals surface area contributed by atoms with Crippen LogP contribution < -0.4 is 10.1 Å². The average molecular weight is 358 g/mol. The summed E-state index contributed by atoms with van der Waals surface area (Å²) in [7, 11) is 1.64. The van der Waals surface area contributed by atoms with Gasteiger partial charge in [0.1, 0.15) is 5.75 Å². The van der Waals surface area contributed by atoms with E-state index in [1.165, 1.54) is 0 Å². The molecule has 0 spiro atoms. The van der Waals surface area contributed by atoms with Crippen LogP contribution in [0.2, 0.25) is 0 Å². The number of thioether (sulfide) groups is 1. The van der Waals surface area contributed by atoms with E-state index in [1.54, 1.807) is 30.2 Å². The van der Waals surface area contributed by atoms with Gasteiger partial charge in [-0.05, 0) is 48.6 Å². The van der Waals surface area contributed by atoms with Gasteiger partial charge in [0, 0.05) is 12.1 Å². The Morgan fingerprint density at radius 2 is 2.04 bits per heavy atom. The number of benzene rings is 2. The fourth-order valence-electron chi connectivity index (χ4n) is 2.34. The molecule has 1 aromatic heterocycles. The second-order valence-electron chi connectivity index (χ2n) is 5.26. The number of amides is 1. The number of aromatic nitrogens is 1. The van der Waals surface area contributed by atoms with Gasteiger partial charge in [-0.2, -0.15) is 0 Å². The van der Waals surface area contributed by atoms with Crippen LogP contribution in [0.25, 0.3) is 10.2 Å². The van der Waals surface area contributed by atoms with Crippen molar-refractivity contribution in [1.82, 2.24) is 4.98 Å². The predicted molar refractivity (Wildman–Crippen MR) is 101 cm³/mol. The Kier molecular flexibility index (Phi) is 5.37. The Bertz CT molecular complexity index is 844. The number of rotatable bonds is 6. The quantitative estimate of drug-likeness (QED) is 0.654. The van der Waals surface area contributed by atoms with E-state index in [9.17, 15) is 4.79 Å². The smallest absolute Gasteiger partial charge is 0.224 e. The number of methoxy groups -OCH3 is 1. The molecule has 124 valence electrons. The molecule has 0 atom stereocenters. The molecule has 3 aromatic rings. The molecular formula is C18H18N2O2S2. The molecule has 0 fully saturated rings. The van der Waals surface area contributed by atoms with Crippen molar-refractivity contribution in [1.29, 1.82) is 0 Å². The van der Waals surface area contributed by atoms with E-state index < -0.39 is 0 Å². The fraction of sp³-hybridized carbons (Fsp3) is 0.222. The third kappa shape index (κ3) is 4.07. The summed E-state index contributed by atoms with van der Waals surface area (Å²) in [5.74, 6) is 0.838. The van der Waals surface area contributed by atoms with Crippen molar-refractivity contribution in [3.8, 4) is 5.75 Å². The van der Waals surface area contributed by atoms with Gasteiger partial charge < -0.3 is 10.1 Å². The molecule has 0 saturated heterocycles. The minimum absolute atomic E-state index is 0.0137. The first-order valence-corrected chi connectivity index (χ1v) is 9.59. The van der Waals surface area contributed by atoms with Gasteiger partial charge in [-0.25, -0.2) is 4.98 Å². The van der Waals surface area contributed by atoms with Crippen LogP contribution >= 0.6 is 23.1 Å². The highest BCUT2D eigenvalue weighted by molar-refractivity contribution is 8.00. The Labute approximate surface area is 149 Å². The molecule has 4 nitrogen and oxygen atoms in total. The van der Waals surface area contributed by atoms with Crippen molar-refractivity contribution in [2.45, 2.75) is 17.2 Å². The normalized spacial score (nSPS) is 10.8. The second-order valence-corrected chi connectivity index (χ2v) is 7.35. The maximum atomic E-state index is 12.2. The molecule has 1 N–H and O–H groups in total. The van der Waals surface area contributed by atoms with Crippen LogP contribution in [0.5, 0.6) is 5.75 Å². The van der Waals surface area contributed by atoms with Gasteiger partial charge in [0.05, 0.1) is 17.3 Å². The SMILES string of the molecule is COc1ccc(CCC(=O)Nc2ccc3nc(SC)sc3c2)cc1. The molecule has 0 aliphatic carbocycles. The molecule has 2 aromatic carbocycles. The lowest BCUT2D eigenvalue weighted by atomic mass is 10.1. The van der Waals surface area contributed by atoms with Crippen LogP contribution in [-0.4, -0.2) is 24.3 Å². The van der Waals surface area contributed by atoms with Crippen LogP contribution in [0.15, 0.2) is 46.8 Å². The average Bonchev–Trinajstić information content (AvgIpc) is 3.03. The third-order valence-electron chi connectivity index (χ3n) is 3.63. The van der Waals surface area contributed by atoms with E-state index in [2.05, 4.69) is 10.3 Å². The highest BCUT2D eigenvalue weighted by Crippen LogP contribution is 2.30. The van der Waals surface area contributed by atoms with Crippen LogP contribution in [0.1, 0.15) is 12.0 Å². The molecule has 0 bridgehead atoms. The van der Waals surface area contributed by atoms with E-state index in [4.69, 9.17) is 4.74 Å². The highest BCUT2D eigenvalue weighted by atomic mass is 32.2. The van der Waals surface area contributed by atoms with Gasteiger partial charge in [0.2, 0.25) is 5.91 Å². The lowest BCUT2D eigenvalue weighted by Gasteiger charge is -2.06. The number of ether oxygens (including phenoxy) is 1. The summed E-state index contributed by atoms with van der Waals surface area (Å²) in [6, 6.07) is 13.6. The Morgan fingerprint density at radius 1 is 1.25 bits per heavy atom. The van der Waals surface area contributed by atoms with Gasteiger partial charge in [-0.3, -0.25) is 4.79 Å². The molecule has 0 aliphatic rings. The van der Waals surface area contributed by atoms with Crippen LogP contribution in [0.3, 0.4) is 0 Å². The standard InChI is InChI=1S/C18H18N2O2S2/c1-22-14-7-3-12(4-8-14)5-10-17(21)19-13-6-9-15-16(11-13)24-18(20-15)23-2/h3-4,6-9,11H,5,10H2,1-2H3,(H,19,21). The zero-order chi connectivity index (χ0) is 16.9. The van der Waals surface area contributed by atoms with E-state index >= 15 is 0 Å². The summed E-state index contributed by atoms with van der Waals surface area (Å²) in [5, 5.41) is 2.96. The van der Waals surface area contributed by atoms with Crippen LogP contribution in [-0.2, 0) is 11.2 Å². The molecule has 0 aliphatic heterocycles. The summed E-state index contributed by atoms with van der Waals surface area (Å²) in [6.45, 7) is 0. The zero-order valence-corrected chi connectivity index (χ0v) is 15.2. The number of nitrogens with one attached hydrogen (secondary N) is 1. The van der Waals surface area contributed by atoms with Gasteiger partial charge in [-0.15, -0.1) is 11.3 Å². The van der Waals surface area contributed by atoms with Gasteiger partial charge >= 0.3 is 0 Å². The number of carbonyl (C=O) groups is 1. The van der Waals surface area contributed by atoms with Crippen molar-refractivity contribution in [2.24, 2.45) is 0 Å². The molecule has 0 radical (unpaired) electrons. The van der Waals surface area contributed by atoms with Crippen molar-refractivity contribution < 1.29 is 9.53 Å². The number of thiazole rings is 1. The zero-order valence-electron chi connectivity index (χ0n) is 13.5. The number of nitrogens with zero attached hydrogens (tertiary/aromatic N) is 1. The molecular weight excluding hydrogens is 340 g/mol. The summed E-state index contributed by atoms with van der Waals surface area (Å²) < 4.78 is 7.26. The largest absolute Gasteiger partial charge is 0.497 e. The summed E-state index contributed by atoms with van der Waals surface area (Å²) in [4.78, 5) is 16.7. The number of hydrogen-bond acceptors (Lipinski definition) is 5. The molecule has 0 saturated carbocycles. The van der Waals surface area contributed by atoms with E-state index in [0.717, 1.165) is 31.6 Å². The summed E-state index contributed by atoms with van der Waals surface area (Å²) in [5.41, 5.74) is 2.91. The minimum atomic E-state index is 0.0137. The van der Waals surface area contributed by atoms with Gasteiger partial charge in [0.15, 0.2) is 4.34 Å². The third-order valence-corrected chi connectivity index (χ3v) is 5.63. The van der Waals surface area contributed by atoms with Crippen LogP contribution in [0.4, 0.5) is 5.69 Å². The topological polar surface area (TPSA) is 51.2 Å². The van der Waals surface area contributed by atoms with E-state index in [1.807, 2.05) is 48.7 Å². The number of aryl methyl sites for hydroxylation is 1. The first kappa shape index (κ1) is 16.8. The molecule has 6 heteroatoms. The predicted octanol–water partition coefficient (Wildman–Crippen LogP) is 4.60. The Morgan fingerprint density at radius 3 is 2.75 bits per heavy atom. The lowest BCUT2D eigenvalue weighted by Crippen LogP contribution is -2.12. The monoisotopic (exact) mass is 358 g/mol. The van der Waals surface area contributed by atoms with E-state index in [-0.39, 0.29) is 5.91 Å². The maximum absolute atomic E-state index is 12.2. The summed E-state index contributed by atoms with van der Waals surface area (Å²) in [6.07, 6.45) is 3.16. The lowest BCUT2D eigenvalue weighted by molar-refractivity contribution is -0.116. The van der Waals surface area contributed by atoms with Gasteiger partial charge in [-0.1, -0.05) is 23.9 Å². The second kappa shape index (κ2) is 7.68. The number of anilines is 1. The number of fused-ring (bicyclic) bond motifs is 1. The summed E-state index contributed by atoms with van der Waals surface area (Å²) >= 11 is 3.27. The molecule has 3 rings (SSSR count). The molecule has 1 heterocycles. The van der Waals surface area contributed by atoms with Crippen molar-refractivity contribution >= 4 is 44.9 Å². The van der Waals surface area contributed by atoms with Crippen molar-refractivity contribution in [3.05, 3.63) is 48.0 Å². The maximum Gasteiger partial charge on any atom is 0.224 e. The first-order valence-electron chi connectivity index (χ1n) is 7.55. The van der Waals surface area contributed by atoms with Gasteiger partial charge in [0.25, 0.3) is 0 Å². The Balaban J connectivity index is 1.59. The fourth-order valence-corrected chi connectivity index (χ4v) is 3.87. The minimum Gasteiger partial charge on any atom is -0.497 e. The number of carbonyl (C=O) groups excluding carboxylic acids is 1. The van der Waals surface area contributed by atoms with E-state index in [0.29, 0.717) is 12.8 Å².